The first-order valence-electron chi connectivity index (χ1n) is 7.83. The van der Waals surface area contributed by atoms with Gasteiger partial charge in [0.1, 0.15) is 0 Å². The molecule has 1 aliphatic heterocycles. The van der Waals surface area contributed by atoms with Gasteiger partial charge in [-0.25, -0.2) is 4.98 Å². The summed E-state index contributed by atoms with van der Waals surface area (Å²) in [5, 5.41) is 4.73. The summed E-state index contributed by atoms with van der Waals surface area (Å²) in [6.07, 6.45) is 1.28. The highest BCUT2D eigenvalue weighted by molar-refractivity contribution is 7.99. The van der Waals surface area contributed by atoms with Gasteiger partial charge in [-0.2, -0.15) is 11.8 Å². The summed E-state index contributed by atoms with van der Waals surface area (Å²) in [4.78, 5) is 8.79. The molecule has 3 nitrogen and oxygen atoms in total. The number of aromatic nitrogens is 1. The van der Waals surface area contributed by atoms with Crippen molar-refractivity contribution >= 4 is 28.2 Å². The van der Waals surface area contributed by atoms with E-state index in [4.69, 9.17) is 4.98 Å². The number of nitrogens with one attached hydrogen (secondary N) is 1. The minimum absolute atomic E-state index is 0.105. The minimum Gasteiger partial charge on any atom is -0.347 e. The van der Waals surface area contributed by atoms with Crippen molar-refractivity contribution in [2.45, 2.75) is 65.1 Å². The Morgan fingerprint density at radius 3 is 2.62 bits per heavy atom. The zero-order valence-corrected chi connectivity index (χ0v) is 15.8. The van der Waals surface area contributed by atoms with Crippen molar-refractivity contribution in [1.82, 2.24) is 10.3 Å². The Balaban J connectivity index is 2.22. The number of anilines is 1. The van der Waals surface area contributed by atoms with Gasteiger partial charge in [0.2, 0.25) is 0 Å². The van der Waals surface area contributed by atoms with E-state index < -0.39 is 0 Å². The smallest absolute Gasteiger partial charge is 0.185 e. The molecule has 2 rings (SSSR count). The first-order valence-corrected chi connectivity index (χ1v) is 9.80. The molecule has 5 heteroatoms. The fourth-order valence-corrected chi connectivity index (χ4v) is 5.00. The lowest BCUT2D eigenvalue weighted by atomic mass is 9.91. The summed E-state index contributed by atoms with van der Waals surface area (Å²) in [6, 6.07) is 1.16. The molecule has 1 N–H and O–H groups in total. The van der Waals surface area contributed by atoms with Crippen LogP contribution in [-0.4, -0.2) is 35.6 Å². The Bertz CT molecular complexity index is 457. The molecule has 0 bridgehead atoms. The van der Waals surface area contributed by atoms with Gasteiger partial charge in [0.15, 0.2) is 5.13 Å². The van der Waals surface area contributed by atoms with Crippen LogP contribution in [0.25, 0.3) is 0 Å². The molecule has 0 amide bonds. The predicted molar refractivity (Wildman–Crippen MR) is 96.9 cm³/mol. The van der Waals surface area contributed by atoms with Crippen molar-refractivity contribution in [3.05, 3.63) is 10.6 Å². The second kappa shape index (κ2) is 6.88. The molecule has 21 heavy (non-hydrogen) atoms. The van der Waals surface area contributed by atoms with Crippen molar-refractivity contribution in [2.75, 3.05) is 23.5 Å². The van der Waals surface area contributed by atoms with Gasteiger partial charge in [-0.1, -0.05) is 34.6 Å². The molecule has 2 heterocycles. The number of rotatable bonds is 5. The van der Waals surface area contributed by atoms with Crippen LogP contribution in [0.4, 0.5) is 5.13 Å². The van der Waals surface area contributed by atoms with E-state index in [-0.39, 0.29) is 5.41 Å². The number of thioether (sulfide) groups is 1. The van der Waals surface area contributed by atoms with Gasteiger partial charge in [-0.15, -0.1) is 11.3 Å². The molecule has 1 atom stereocenters. The van der Waals surface area contributed by atoms with Crippen LogP contribution >= 0.6 is 23.1 Å². The average molecular weight is 328 g/mol. The lowest BCUT2D eigenvalue weighted by molar-refractivity contribution is 0.545. The third-order valence-electron chi connectivity index (χ3n) is 3.82. The van der Waals surface area contributed by atoms with E-state index in [1.54, 1.807) is 0 Å². The highest BCUT2D eigenvalue weighted by Gasteiger charge is 2.27. The SMILES string of the molecule is CC(C)NCc1sc(N(C)C2CCSC2)nc1C(C)(C)C. The fraction of sp³-hybridized carbons (Fsp3) is 0.812. The minimum atomic E-state index is 0.105. The zero-order chi connectivity index (χ0) is 15.6. The van der Waals surface area contributed by atoms with Gasteiger partial charge < -0.3 is 10.2 Å². The van der Waals surface area contributed by atoms with Crippen LogP contribution in [0.15, 0.2) is 0 Å². The van der Waals surface area contributed by atoms with Crippen molar-refractivity contribution in [1.29, 1.82) is 0 Å². The molecule has 1 unspecified atom stereocenters. The molecular formula is C16H29N3S2. The van der Waals surface area contributed by atoms with Crippen molar-refractivity contribution < 1.29 is 0 Å². The monoisotopic (exact) mass is 327 g/mol. The van der Waals surface area contributed by atoms with Crippen LogP contribution in [0.2, 0.25) is 0 Å². The lowest BCUT2D eigenvalue weighted by Gasteiger charge is -2.23. The Kier molecular flexibility index (Phi) is 5.60. The zero-order valence-electron chi connectivity index (χ0n) is 14.2. The Morgan fingerprint density at radius 1 is 1.38 bits per heavy atom. The lowest BCUT2D eigenvalue weighted by Crippen LogP contribution is -2.31. The largest absolute Gasteiger partial charge is 0.347 e. The number of thiazole rings is 1. The quantitative estimate of drug-likeness (QED) is 0.888. The van der Waals surface area contributed by atoms with E-state index in [9.17, 15) is 0 Å². The van der Waals surface area contributed by atoms with Crippen LogP contribution in [0.3, 0.4) is 0 Å². The maximum absolute atomic E-state index is 5.00. The summed E-state index contributed by atoms with van der Waals surface area (Å²) < 4.78 is 0. The van der Waals surface area contributed by atoms with Gasteiger partial charge in [0, 0.05) is 41.7 Å². The number of hydrogen-bond donors (Lipinski definition) is 1. The van der Waals surface area contributed by atoms with E-state index in [0.29, 0.717) is 12.1 Å². The molecule has 0 aromatic carbocycles. The van der Waals surface area contributed by atoms with Crippen LogP contribution in [0.1, 0.15) is 51.6 Å². The Morgan fingerprint density at radius 2 is 2.10 bits per heavy atom. The molecule has 0 spiro atoms. The molecule has 1 fully saturated rings. The van der Waals surface area contributed by atoms with Crippen molar-refractivity contribution in [3.8, 4) is 0 Å². The predicted octanol–water partition coefficient (Wildman–Crippen LogP) is 3.88. The Hall–Kier alpha value is -0.260. The maximum Gasteiger partial charge on any atom is 0.185 e. The summed E-state index contributed by atoms with van der Waals surface area (Å²) in [6.45, 7) is 12.1. The molecule has 1 aliphatic rings. The van der Waals surface area contributed by atoms with Gasteiger partial charge in [0.25, 0.3) is 0 Å². The van der Waals surface area contributed by atoms with Gasteiger partial charge in [-0.3, -0.25) is 0 Å². The molecule has 0 saturated carbocycles. The third-order valence-corrected chi connectivity index (χ3v) is 6.11. The highest BCUT2D eigenvalue weighted by Crippen LogP contribution is 2.35. The first kappa shape index (κ1) is 17.1. The number of nitrogens with zero attached hydrogens (tertiary/aromatic N) is 2. The molecule has 1 aromatic heterocycles. The molecule has 0 aliphatic carbocycles. The first-order chi connectivity index (χ1) is 9.79. The van der Waals surface area contributed by atoms with E-state index in [2.05, 4.69) is 63.6 Å². The van der Waals surface area contributed by atoms with E-state index in [1.807, 2.05) is 11.3 Å². The standard InChI is InChI=1S/C16H29N3S2/c1-11(2)17-9-13-14(16(3,4)5)18-15(21-13)19(6)12-7-8-20-10-12/h11-12,17H,7-10H2,1-6H3. The van der Waals surface area contributed by atoms with Crippen molar-refractivity contribution in [2.24, 2.45) is 0 Å². The molecule has 120 valence electrons. The summed E-state index contributed by atoms with van der Waals surface area (Å²) >= 11 is 3.93. The topological polar surface area (TPSA) is 28.2 Å². The second-order valence-corrected chi connectivity index (χ2v) is 9.39. The molecule has 1 aromatic rings. The molecule has 0 radical (unpaired) electrons. The molecule has 1 saturated heterocycles. The summed E-state index contributed by atoms with van der Waals surface area (Å²) in [5.74, 6) is 2.52. The van der Waals surface area contributed by atoms with Crippen LogP contribution in [-0.2, 0) is 12.0 Å². The van der Waals surface area contributed by atoms with Crippen molar-refractivity contribution in [3.63, 3.8) is 0 Å². The van der Waals surface area contributed by atoms with Crippen LogP contribution < -0.4 is 10.2 Å². The highest BCUT2D eigenvalue weighted by atomic mass is 32.2. The van der Waals surface area contributed by atoms with Gasteiger partial charge >= 0.3 is 0 Å². The fourth-order valence-electron chi connectivity index (χ4n) is 2.48. The van der Waals surface area contributed by atoms with Crippen LogP contribution in [0, 0.1) is 0 Å². The average Bonchev–Trinajstić information content (AvgIpc) is 3.04. The maximum atomic E-state index is 5.00. The van der Waals surface area contributed by atoms with E-state index in [0.717, 1.165) is 6.54 Å². The number of hydrogen-bond acceptors (Lipinski definition) is 5. The van der Waals surface area contributed by atoms with Crippen LogP contribution in [0.5, 0.6) is 0 Å². The summed E-state index contributed by atoms with van der Waals surface area (Å²) in [7, 11) is 2.21. The van der Waals surface area contributed by atoms with Gasteiger partial charge in [-0.05, 0) is 12.2 Å². The summed E-state index contributed by atoms with van der Waals surface area (Å²) in [5.41, 5.74) is 1.36. The normalized spacial score (nSPS) is 19.5. The molecular weight excluding hydrogens is 298 g/mol. The van der Waals surface area contributed by atoms with E-state index in [1.165, 1.54) is 33.6 Å². The Labute approximate surface area is 137 Å². The third kappa shape index (κ3) is 4.36. The van der Waals surface area contributed by atoms with Gasteiger partial charge in [0.05, 0.1) is 5.69 Å². The second-order valence-electron chi connectivity index (χ2n) is 7.18. The van der Waals surface area contributed by atoms with E-state index >= 15 is 0 Å².